The van der Waals surface area contributed by atoms with Crippen molar-refractivity contribution in [2.45, 2.75) is 145 Å². The third-order valence-corrected chi connectivity index (χ3v) is 11.2. The smallest absolute Gasteiger partial charge is 0.331 e. The summed E-state index contributed by atoms with van der Waals surface area (Å²) in [6, 6.07) is 0. The lowest BCUT2D eigenvalue weighted by atomic mass is 9.72. The van der Waals surface area contributed by atoms with E-state index in [-0.39, 0.29) is 10.8 Å². The number of ether oxygens (including phenoxy) is 4. The molecule has 2 aliphatic carbocycles. The number of aliphatic hydroxyl groups excluding tert-OH is 4. The Morgan fingerprint density at radius 2 is 1.20 bits per heavy atom. The predicted octanol–water partition coefficient (Wildman–Crippen LogP) is 8.32. The van der Waals surface area contributed by atoms with E-state index in [4.69, 9.17) is 18.9 Å². The largest absolute Gasteiger partial charge is 0.458 e. The van der Waals surface area contributed by atoms with E-state index in [1.807, 2.05) is 38.2 Å². The summed E-state index contributed by atoms with van der Waals surface area (Å²) in [7, 11) is 0. The molecular formula is C49H70O10. The van der Waals surface area contributed by atoms with Crippen LogP contribution in [0.4, 0.5) is 0 Å². The summed E-state index contributed by atoms with van der Waals surface area (Å²) in [5, 5.41) is 40.3. The minimum Gasteiger partial charge on any atom is -0.458 e. The van der Waals surface area contributed by atoms with Crippen LogP contribution >= 0.6 is 0 Å². The molecule has 0 unspecified atom stereocenters. The molecule has 1 fully saturated rings. The molecule has 10 nitrogen and oxygen atoms in total. The van der Waals surface area contributed by atoms with Gasteiger partial charge in [-0.2, -0.15) is 0 Å². The molecule has 4 N–H and O–H groups in total. The van der Waals surface area contributed by atoms with Gasteiger partial charge in [-0.3, -0.25) is 0 Å². The third-order valence-electron chi connectivity index (χ3n) is 11.2. The van der Waals surface area contributed by atoms with Crippen LogP contribution in [-0.2, 0) is 28.5 Å². The van der Waals surface area contributed by atoms with E-state index in [1.54, 1.807) is 26.0 Å². The molecule has 10 heteroatoms. The summed E-state index contributed by atoms with van der Waals surface area (Å²) in [6.45, 7) is 19.7. The molecule has 0 radical (unpaired) electrons. The van der Waals surface area contributed by atoms with E-state index in [0.717, 1.165) is 30.4 Å². The second-order valence-electron chi connectivity index (χ2n) is 17.6. The Labute approximate surface area is 352 Å². The van der Waals surface area contributed by atoms with E-state index >= 15 is 0 Å². The third kappa shape index (κ3) is 15.9. The monoisotopic (exact) mass is 818 g/mol. The van der Waals surface area contributed by atoms with Crippen LogP contribution in [-0.4, -0.2) is 89.0 Å². The van der Waals surface area contributed by atoms with Crippen LogP contribution in [0.1, 0.15) is 108 Å². The zero-order chi connectivity index (χ0) is 43.9. The van der Waals surface area contributed by atoms with Gasteiger partial charge in [0, 0.05) is 12.2 Å². The molecule has 1 heterocycles. The molecule has 0 spiro atoms. The molecule has 0 aromatic heterocycles. The van der Waals surface area contributed by atoms with Gasteiger partial charge in [0.05, 0.1) is 13.2 Å². The van der Waals surface area contributed by atoms with Crippen LogP contribution in [0.3, 0.4) is 0 Å². The lowest BCUT2D eigenvalue weighted by Crippen LogP contribution is -2.59. The molecular weight excluding hydrogens is 749 g/mol. The fourth-order valence-corrected chi connectivity index (χ4v) is 7.67. The first-order chi connectivity index (χ1) is 27.7. The van der Waals surface area contributed by atoms with Crippen molar-refractivity contribution >= 4 is 11.9 Å². The van der Waals surface area contributed by atoms with Gasteiger partial charge in [0.2, 0.25) is 0 Å². The molecule has 3 rings (SSSR count). The fraction of sp³-hybridized carbons (Fsp3) is 0.551. The van der Waals surface area contributed by atoms with Crippen molar-refractivity contribution < 1.29 is 49.0 Å². The molecule has 6 atom stereocenters. The van der Waals surface area contributed by atoms with E-state index in [0.29, 0.717) is 11.1 Å². The summed E-state index contributed by atoms with van der Waals surface area (Å²) in [4.78, 5) is 25.9. The maximum atomic E-state index is 13.0. The van der Waals surface area contributed by atoms with Gasteiger partial charge in [-0.25, -0.2) is 9.59 Å². The number of rotatable bonds is 17. The summed E-state index contributed by atoms with van der Waals surface area (Å²) >= 11 is 0. The van der Waals surface area contributed by atoms with Crippen LogP contribution in [0.15, 0.2) is 117 Å². The number of hydrogen-bond donors (Lipinski definition) is 4. The molecule has 1 saturated heterocycles. The van der Waals surface area contributed by atoms with E-state index in [2.05, 4.69) is 65.8 Å². The normalized spacial score (nSPS) is 26.8. The maximum Gasteiger partial charge on any atom is 0.331 e. The Morgan fingerprint density at radius 1 is 0.712 bits per heavy atom. The van der Waals surface area contributed by atoms with Gasteiger partial charge in [-0.1, -0.05) is 111 Å². The Morgan fingerprint density at radius 3 is 1.68 bits per heavy atom. The van der Waals surface area contributed by atoms with Gasteiger partial charge in [-0.15, -0.1) is 0 Å². The fourth-order valence-electron chi connectivity index (χ4n) is 7.67. The first kappa shape index (κ1) is 49.5. The summed E-state index contributed by atoms with van der Waals surface area (Å²) in [5.41, 5.74) is 9.29. The predicted molar refractivity (Wildman–Crippen MR) is 233 cm³/mol. The second kappa shape index (κ2) is 23.2. The Bertz CT molecular complexity index is 1770. The molecule has 59 heavy (non-hydrogen) atoms. The van der Waals surface area contributed by atoms with Crippen LogP contribution in [0.5, 0.6) is 0 Å². The summed E-state index contributed by atoms with van der Waals surface area (Å²) in [5.74, 6) is -1.40. The average Bonchev–Trinajstić information content (AvgIpc) is 3.14. The number of esters is 2. The van der Waals surface area contributed by atoms with E-state index < -0.39 is 68.6 Å². The highest BCUT2D eigenvalue weighted by atomic mass is 16.7. The number of allylic oxidation sites excluding steroid dienone is 18. The Kier molecular flexibility index (Phi) is 19.4. The highest BCUT2D eigenvalue weighted by Crippen LogP contribution is 2.42. The lowest BCUT2D eigenvalue weighted by Gasteiger charge is -2.39. The average molecular weight is 819 g/mol. The molecule has 0 aromatic carbocycles. The molecule has 1 aliphatic heterocycles. The SMILES string of the molecule is CC1=C(/C=C/C(C)=C/C=C/C(C)=C/C(=O)OC[C@H](CO[C@@H]2O[C@H](CO)[C@@H](O)[C@H](O)[C@H]2O)OC(=O)/C=C(C)/C=C/C=C(C)/C=C/C2=C(C)CCCC2(C)C)C(C)(C)CCC1. The first-order valence-corrected chi connectivity index (χ1v) is 20.9. The van der Waals surface area contributed by atoms with Gasteiger partial charge in [0.15, 0.2) is 12.4 Å². The minimum absolute atomic E-state index is 0.149. The number of hydrogen-bond acceptors (Lipinski definition) is 10. The zero-order valence-electron chi connectivity index (χ0n) is 37.0. The van der Waals surface area contributed by atoms with E-state index in [1.165, 1.54) is 53.7 Å². The van der Waals surface area contributed by atoms with Crippen LogP contribution < -0.4 is 0 Å². The summed E-state index contributed by atoms with van der Waals surface area (Å²) in [6.07, 6.45) is 20.8. The van der Waals surface area contributed by atoms with Crippen molar-refractivity contribution in [3.05, 3.63) is 117 Å². The zero-order valence-corrected chi connectivity index (χ0v) is 37.0. The van der Waals surface area contributed by atoms with E-state index in [9.17, 15) is 30.0 Å². The number of aliphatic hydroxyl groups is 4. The van der Waals surface area contributed by atoms with Gasteiger partial charge in [0.25, 0.3) is 0 Å². The topological polar surface area (TPSA) is 152 Å². The molecule has 0 aromatic rings. The van der Waals surface area contributed by atoms with Gasteiger partial charge in [-0.05, 0) is 113 Å². The van der Waals surface area contributed by atoms with Gasteiger partial charge >= 0.3 is 11.9 Å². The molecule has 0 amide bonds. The van der Waals surface area contributed by atoms with Crippen LogP contribution in [0.25, 0.3) is 0 Å². The second-order valence-corrected chi connectivity index (χ2v) is 17.6. The van der Waals surface area contributed by atoms with Crippen molar-refractivity contribution in [1.82, 2.24) is 0 Å². The van der Waals surface area contributed by atoms with Gasteiger partial charge < -0.3 is 39.4 Å². The van der Waals surface area contributed by atoms with Crippen molar-refractivity contribution in [2.24, 2.45) is 10.8 Å². The lowest BCUT2D eigenvalue weighted by molar-refractivity contribution is -0.305. The highest BCUT2D eigenvalue weighted by molar-refractivity contribution is 5.84. The minimum atomic E-state index is -1.66. The van der Waals surface area contributed by atoms with Crippen molar-refractivity contribution in [3.8, 4) is 0 Å². The van der Waals surface area contributed by atoms with Crippen LogP contribution in [0.2, 0.25) is 0 Å². The van der Waals surface area contributed by atoms with Crippen molar-refractivity contribution in [2.75, 3.05) is 19.8 Å². The molecule has 0 bridgehead atoms. The quantitative estimate of drug-likeness (QED) is 0.0641. The van der Waals surface area contributed by atoms with Crippen molar-refractivity contribution in [1.29, 1.82) is 0 Å². The molecule has 0 saturated carbocycles. The molecule has 326 valence electrons. The first-order valence-electron chi connectivity index (χ1n) is 20.9. The van der Waals surface area contributed by atoms with Crippen LogP contribution in [0, 0.1) is 10.8 Å². The standard InChI is InChI=1S/C49H70O10/c1-32(21-23-39-36(5)19-13-25-48(39,7)8)15-11-17-34(3)27-42(51)56-30-38(31-57-47-46(55)45(54)44(53)41(29-50)59-47)58-43(52)28-35(4)18-12-16-33(2)22-24-40-37(6)20-14-26-49(40,9)10/h11-12,15-18,21-24,27-28,38,41,44-47,50,53-55H,13-14,19-20,25-26,29-31H2,1-10H3/b17-11+,18-12+,23-21+,24-22+,32-15+,33-16+,34-27+,35-28+/t38-,41-,44-,45+,46-,47-/m1/s1. The highest BCUT2D eigenvalue weighted by Gasteiger charge is 2.44. The Hall–Kier alpha value is -3.90. The van der Waals surface area contributed by atoms with Crippen molar-refractivity contribution in [3.63, 3.8) is 0 Å². The number of carbonyl (C=O) groups excluding carboxylic acids is 2. The molecule has 3 aliphatic rings. The number of carbonyl (C=O) groups is 2. The maximum absolute atomic E-state index is 13.0. The Balaban J connectivity index is 1.66. The summed E-state index contributed by atoms with van der Waals surface area (Å²) < 4.78 is 22.1. The van der Waals surface area contributed by atoms with Gasteiger partial charge in [0.1, 0.15) is 31.0 Å².